The van der Waals surface area contributed by atoms with E-state index in [-0.39, 0.29) is 0 Å². The van der Waals surface area contributed by atoms with E-state index in [1.165, 1.54) is 9.88 Å². The van der Waals surface area contributed by atoms with Gasteiger partial charge >= 0.3 is 0 Å². The summed E-state index contributed by atoms with van der Waals surface area (Å²) in [6.07, 6.45) is 3.13. The lowest BCUT2D eigenvalue weighted by Crippen LogP contribution is -2.49. The molecule has 2 rings (SSSR count). The number of rotatable bonds is 3. The van der Waals surface area contributed by atoms with Crippen LogP contribution in [0.3, 0.4) is 0 Å². The number of hydrogen-bond donors (Lipinski definition) is 1. The van der Waals surface area contributed by atoms with Crippen molar-refractivity contribution in [1.29, 1.82) is 0 Å². The molecule has 3 nitrogen and oxygen atoms in total. The van der Waals surface area contributed by atoms with E-state index in [2.05, 4.69) is 36.0 Å². The van der Waals surface area contributed by atoms with Gasteiger partial charge in [-0.3, -0.25) is 4.90 Å². The van der Waals surface area contributed by atoms with Gasteiger partial charge in [-0.05, 0) is 20.3 Å². The van der Waals surface area contributed by atoms with Crippen molar-refractivity contribution >= 4 is 11.3 Å². The highest BCUT2D eigenvalue weighted by molar-refractivity contribution is 7.11. The Morgan fingerprint density at radius 2 is 2.50 bits per heavy atom. The van der Waals surface area contributed by atoms with Crippen LogP contribution in [0, 0.1) is 0 Å². The Kier molecular flexibility index (Phi) is 3.95. The van der Waals surface area contributed by atoms with E-state index in [0.717, 1.165) is 26.1 Å². The Morgan fingerprint density at radius 3 is 3.12 bits per heavy atom. The highest BCUT2D eigenvalue weighted by Gasteiger charge is 2.23. The van der Waals surface area contributed by atoms with Crippen molar-refractivity contribution in [2.75, 3.05) is 19.6 Å². The minimum atomic E-state index is 0.467. The topological polar surface area (TPSA) is 28.2 Å². The summed E-state index contributed by atoms with van der Waals surface area (Å²) in [6.45, 7) is 10.1. The molecular weight excluding hydrogens is 218 g/mol. The van der Waals surface area contributed by atoms with Crippen LogP contribution in [0.2, 0.25) is 0 Å². The second-order valence-corrected chi connectivity index (χ2v) is 5.69. The first-order chi connectivity index (χ1) is 7.70. The third-order valence-electron chi connectivity index (χ3n) is 3.23. The van der Waals surface area contributed by atoms with Gasteiger partial charge in [-0.25, -0.2) is 4.98 Å². The number of aromatic nitrogens is 1. The molecule has 1 aromatic rings. The van der Waals surface area contributed by atoms with Gasteiger partial charge in [0.2, 0.25) is 0 Å². The second-order valence-electron chi connectivity index (χ2n) is 4.54. The molecule has 0 amide bonds. The Hall–Kier alpha value is -0.450. The van der Waals surface area contributed by atoms with Gasteiger partial charge in [-0.1, -0.05) is 6.92 Å². The minimum absolute atomic E-state index is 0.467. The molecular formula is C12H21N3S. The molecule has 4 heteroatoms. The van der Waals surface area contributed by atoms with Gasteiger partial charge < -0.3 is 5.32 Å². The maximum atomic E-state index is 4.54. The van der Waals surface area contributed by atoms with Gasteiger partial charge in [0.25, 0.3) is 0 Å². The van der Waals surface area contributed by atoms with Crippen molar-refractivity contribution in [3.63, 3.8) is 0 Å². The fourth-order valence-electron chi connectivity index (χ4n) is 2.15. The van der Waals surface area contributed by atoms with Gasteiger partial charge in [0.05, 0.1) is 6.04 Å². The lowest BCUT2D eigenvalue weighted by atomic mass is 10.2. The van der Waals surface area contributed by atoms with Crippen LogP contribution in [-0.4, -0.2) is 35.6 Å². The monoisotopic (exact) mass is 239 g/mol. The van der Waals surface area contributed by atoms with E-state index >= 15 is 0 Å². The fourth-order valence-corrected chi connectivity index (χ4v) is 3.09. The van der Waals surface area contributed by atoms with Gasteiger partial charge in [0.1, 0.15) is 5.01 Å². The lowest BCUT2D eigenvalue weighted by molar-refractivity contribution is 0.158. The fraction of sp³-hybridized carbons (Fsp3) is 0.750. The van der Waals surface area contributed by atoms with Crippen molar-refractivity contribution in [3.05, 3.63) is 16.1 Å². The molecule has 0 spiro atoms. The van der Waals surface area contributed by atoms with Crippen LogP contribution in [0.5, 0.6) is 0 Å². The molecule has 1 aromatic heterocycles. The molecule has 0 aliphatic carbocycles. The smallest absolute Gasteiger partial charge is 0.110 e. The zero-order chi connectivity index (χ0) is 11.5. The third-order valence-corrected chi connectivity index (χ3v) is 4.54. The Morgan fingerprint density at radius 1 is 1.69 bits per heavy atom. The molecule has 0 bridgehead atoms. The number of thiazole rings is 1. The summed E-state index contributed by atoms with van der Waals surface area (Å²) in [5.74, 6) is 0. The summed E-state index contributed by atoms with van der Waals surface area (Å²) < 4.78 is 0. The van der Waals surface area contributed by atoms with Crippen LogP contribution >= 0.6 is 11.3 Å². The van der Waals surface area contributed by atoms with E-state index in [4.69, 9.17) is 0 Å². The molecule has 2 heterocycles. The number of hydrogen-bond acceptors (Lipinski definition) is 4. The summed E-state index contributed by atoms with van der Waals surface area (Å²) in [5, 5.41) is 4.75. The van der Waals surface area contributed by atoms with Gasteiger partial charge in [0, 0.05) is 36.8 Å². The minimum Gasteiger partial charge on any atom is -0.312 e. The van der Waals surface area contributed by atoms with Crippen LogP contribution in [-0.2, 0) is 6.42 Å². The molecule has 1 saturated heterocycles. The standard InChI is InChI=1S/C12H21N3S/c1-4-11-7-14-12(16-11)10(3)15-6-5-13-9(2)8-15/h7,9-10,13H,4-6,8H2,1-3H3. The van der Waals surface area contributed by atoms with Crippen molar-refractivity contribution < 1.29 is 0 Å². The first kappa shape index (κ1) is 12.0. The van der Waals surface area contributed by atoms with Crippen LogP contribution in [0.15, 0.2) is 6.20 Å². The lowest BCUT2D eigenvalue weighted by Gasteiger charge is -2.35. The van der Waals surface area contributed by atoms with E-state index in [0.29, 0.717) is 12.1 Å². The van der Waals surface area contributed by atoms with Crippen LogP contribution < -0.4 is 5.32 Å². The molecule has 2 atom stereocenters. The van der Waals surface area contributed by atoms with E-state index in [1.54, 1.807) is 0 Å². The maximum absolute atomic E-state index is 4.54. The Bertz CT molecular complexity index is 337. The molecule has 90 valence electrons. The predicted octanol–water partition coefficient (Wildman–Crippen LogP) is 2.06. The van der Waals surface area contributed by atoms with Gasteiger partial charge in [-0.15, -0.1) is 11.3 Å². The molecule has 0 saturated carbocycles. The largest absolute Gasteiger partial charge is 0.312 e. The van der Waals surface area contributed by atoms with Crippen LogP contribution in [0.25, 0.3) is 0 Å². The first-order valence-corrected chi connectivity index (χ1v) is 6.94. The summed E-state index contributed by atoms with van der Waals surface area (Å²) >= 11 is 1.86. The highest BCUT2D eigenvalue weighted by Crippen LogP contribution is 2.25. The van der Waals surface area contributed by atoms with Crippen molar-refractivity contribution in [1.82, 2.24) is 15.2 Å². The molecule has 1 N–H and O–H groups in total. The molecule has 1 aliphatic heterocycles. The Labute approximate surface area is 102 Å². The third kappa shape index (κ3) is 2.62. The maximum Gasteiger partial charge on any atom is 0.110 e. The van der Waals surface area contributed by atoms with Crippen molar-refractivity contribution in [2.24, 2.45) is 0 Å². The quantitative estimate of drug-likeness (QED) is 0.875. The SMILES string of the molecule is CCc1cnc(C(C)N2CCNC(C)C2)s1. The molecule has 0 aromatic carbocycles. The van der Waals surface area contributed by atoms with Crippen LogP contribution in [0.4, 0.5) is 0 Å². The van der Waals surface area contributed by atoms with Crippen molar-refractivity contribution in [2.45, 2.75) is 39.3 Å². The molecule has 1 aliphatic rings. The number of piperazine rings is 1. The number of aryl methyl sites for hydroxylation is 1. The molecule has 2 unspecified atom stereocenters. The second kappa shape index (κ2) is 5.25. The summed E-state index contributed by atoms with van der Waals surface area (Å²) in [4.78, 5) is 8.46. The van der Waals surface area contributed by atoms with Crippen molar-refractivity contribution in [3.8, 4) is 0 Å². The van der Waals surface area contributed by atoms with E-state index in [9.17, 15) is 0 Å². The summed E-state index contributed by atoms with van der Waals surface area (Å²) in [5.41, 5.74) is 0. The number of nitrogens with zero attached hydrogens (tertiary/aromatic N) is 2. The summed E-state index contributed by atoms with van der Waals surface area (Å²) in [6, 6.07) is 1.07. The number of nitrogens with one attached hydrogen (secondary N) is 1. The van der Waals surface area contributed by atoms with E-state index < -0.39 is 0 Å². The molecule has 1 fully saturated rings. The first-order valence-electron chi connectivity index (χ1n) is 6.12. The Balaban J connectivity index is 2.02. The van der Waals surface area contributed by atoms with Crippen LogP contribution in [0.1, 0.15) is 36.7 Å². The molecule has 16 heavy (non-hydrogen) atoms. The zero-order valence-electron chi connectivity index (χ0n) is 10.4. The molecule has 0 radical (unpaired) electrons. The van der Waals surface area contributed by atoms with Gasteiger partial charge in [-0.2, -0.15) is 0 Å². The highest BCUT2D eigenvalue weighted by atomic mass is 32.1. The average Bonchev–Trinajstić information content (AvgIpc) is 2.76. The van der Waals surface area contributed by atoms with Gasteiger partial charge in [0.15, 0.2) is 0 Å². The normalized spacial score (nSPS) is 24.6. The zero-order valence-corrected chi connectivity index (χ0v) is 11.2. The average molecular weight is 239 g/mol. The van der Waals surface area contributed by atoms with E-state index in [1.807, 2.05) is 17.5 Å². The summed E-state index contributed by atoms with van der Waals surface area (Å²) in [7, 11) is 0. The predicted molar refractivity (Wildman–Crippen MR) is 68.9 cm³/mol.